The van der Waals surface area contributed by atoms with E-state index in [4.69, 9.17) is 0 Å². The first-order valence-corrected chi connectivity index (χ1v) is 9.85. The summed E-state index contributed by atoms with van der Waals surface area (Å²) in [4.78, 5) is 31.2. The van der Waals surface area contributed by atoms with Gasteiger partial charge in [0.05, 0.1) is 24.7 Å². The molecule has 0 saturated carbocycles. The van der Waals surface area contributed by atoms with Gasteiger partial charge in [0, 0.05) is 25.8 Å². The number of carbonyl (C=O) groups is 2. The average Bonchev–Trinajstić information content (AvgIpc) is 2.75. The smallest absolute Gasteiger partial charge is 0.237 e. The highest BCUT2D eigenvalue weighted by Crippen LogP contribution is 2.19. The average molecular weight is 388 g/mol. The third-order valence-corrected chi connectivity index (χ3v) is 5.21. The molecule has 0 aliphatic carbocycles. The highest BCUT2D eigenvalue weighted by molar-refractivity contribution is 5.89. The van der Waals surface area contributed by atoms with E-state index in [1.807, 2.05) is 30.3 Å². The second kappa shape index (κ2) is 8.84. The second-order valence-corrected chi connectivity index (χ2v) is 7.26. The fourth-order valence-corrected chi connectivity index (χ4v) is 3.68. The lowest BCUT2D eigenvalue weighted by Crippen LogP contribution is -2.56. The molecular weight excluding hydrogens is 364 g/mol. The SMILES string of the molecule is O=C(C[C@H]1C(=O)NCCN1Cc1ccc2ccccc2c1)NCc1ccccn1. The number of piperazine rings is 1. The van der Waals surface area contributed by atoms with Crippen molar-refractivity contribution in [2.45, 2.75) is 25.6 Å². The van der Waals surface area contributed by atoms with E-state index in [0.717, 1.165) is 17.8 Å². The summed E-state index contributed by atoms with van der Waals surface area (Å²) in [5.74, 6) is -0.244. The monoisotopic (exact) mass is 388 g/mol. The fraction of sp³-hybridized carbons (Fsp3) is 0.261. The Hall–Kier alpha value is -3.25. The Kier molecular flexibility index (Phi) is 5.81. The summed E-state index contributed by atoms with van der Waals surface area (Å²) < 4.78 is 0. The molecule has 3 aromatic rings. The minimum absolute atomic E-state index is 0.0926. The molecule has 2 heterocycles. The van der Waals surface area contributed by atoms with Crippen molar-refractivity contribution in [2.75, 3.05) is 13.1 Å². The summed E-state index contributed by atoms with van der Waals surface area (Å²) in [6.07, 6.45) is 1.83. The number of fused-ring (bicyclic) bond motifs is 1. The number of pyridine rings is 1. The topological polar surface area (TPSA) is 74.3 Å². The lowest BCUT2D eigenvalue weighted by molar-refractivity contribution is -0.134. The molecule has 2 N–H and O–H groups in total. The van der Waals surface area contributed by atoms with E-state index in [0.29, 0.717) is 19.6 Å². The van der Waals surface area contributed by atoms with Gasteiger partial charge in [0.2, 0.25) is 11.8 Å². The van der Waals surface area contributed by atoms with Crippen molar-refractivity contribution >= 4 is 22.6 Å². The number of amides is 2. The molecule has 1 atom stereocenters. The highest BCUT2D eigenvalue weighted by Gasteiger charge is 2.31. The van der Waals surface area contributed by atoms with Gasteiger partial charge < -0.3 is 10.6 Å². The van der Waals surface area contributed by atoms with Crippen molar-refractivity contribution in [1.29, 1.82) is 0 Å². The van der Waals surface area contributed by atoms with E-state index in [2.05, 4.69) is 50.8 Å². The van der Waals surface area contributed by atoms with Crippen LogP contribution in [0.15, 0.2) is 66.9 Å². The first kappa shape index (κ1) is 19.1. The first-order valence-electron chi connectivity index (χ1n) is 9.85. The van der Waals surface area contributed by atoms with E-state index >= 15 is 0 Å². The molecule has 6 heteroatoms. The third-order valence-electron chi connectivity index (χ3n) is 5.21. The molecule has 1 fully saturated rings. The van der Waals surface area contributed by atoms with Gasteiger partial charge in [0.15, 0.2) is 0 Å². The summed E-state index contributed by atoms with van der Waals surface area (Å²) in [6.45, 7) is 2.31. The largest absolute Gasteiger partial charge is 0.353 e. The zero-order valence-corrected chi connectivity index (χ0v) is 16.2. The Labute approximate surface area is 169 Å². The molecule has 1 aliphatic rings. The first-order chi connectivity index (χ1) is 14.2. The van der Waals surface area contributed by atoms with Crippen molar-refractivity contribution in [3.63, 3.8) is 0 Å². The van der Waals surface area contributed by atoms with Gasteiger partial charge in [-0.3, -0.25) is 19.5 Å². The Bertz CT molecular complexity index is 1010. The van der Waals surface area contributed by atoms with E-state index < -0.39 is 6.04 Å². The summed E-state index contributed by atoms with van der Waals surface area (Å²) in [5.41, 5.74) is 1.93. The standard InChI is InChI=1S/C23H24N4O2/c28-22(26-15-20-7-3-4-10-24-20)14-21-23(29)25-11-12-27(21)16-17-8-9-18-5-1-2-6-19(18)13-17/h1-10,13,21H,11-12,14-16H2,(H,25,29)(H,26,28)/t21-/m0/s1. The van der Waals surface area contributed by atoms with Crippen LogP contribution < -0.4 is 10.6 Å². The molecule has 0 radical (unpaired) electrons. The molecule has 1 aromatic heterocycles. The third kappa shape index (κ3) is 4.78. The van der Waals surface area contributed by atoms with Crippen molar-refractivity contribution in [3.05, 3.63) is 78.1 Å². The maximum absolute atomic E-state index is 12.5. The lowest BCUT2D eigenvalue weighted by atomic mass is 10.0. The number of benzene rings is 2. The molecule has 2 aromatic carbocycles. The van der Waals surface area contributed by atoms with Crippen molar-refractivity contribution in [3.8, 4) is 0 Å². The maximum atomic E-state index is 12.5. The van der Waals surface area contributed by atoms with Crippen LogP contribution in [0.5, 0.6) is 0 Å². The fourth-order valence-electron chi connectivity index (χ4n) is 3.68. The summed E-state index contributed by atoms with van der Waals surface area (Å²) in [7, 11) is 0. The number of rotatable bonds is 6. The minimum atomic E-state index is -0.473. The Morgan fingerprint density at radius 1 is 1.10 bits per heavy atom. The molecule has 29 heavy (non-hydrogen) atoms. The number of nitrogens with zero attached hydrogens (tertiary/aromatic N) is 2. The van der Waals surface area contributed by atoms with Crippen LogP contribution in [-0.4, -0.2) is 40.8 Å². The Balaban J connectivity index is 1.42. The summed E-state index contributed by atoms with van der Waals surface area (Å²) in [5, 5.41) is 8.12. The lowest BCUT2D eigenvalue weighted by Gasteiger charge is -2.34. The van der Waals surface area contributed by atoms with Crippen LogP contribution in [0.1, 0.15) is 17.7 Å². The summed E-state index contributed by atoms with van der Waals surface area (Å²) in [6, 6.07) is 19.7. The molecule has 0 bridgehead atoms. The van der Waals surface area contributed by atoms with E-state index in [1.54, 1.807) is 6.20 Å². The van der Waals surface area contributed by atoms with Gasteiger partial charge >= 0.3 is 0 Å². The van der Waals surface area contributed by atoms with E-state index in [9.17, 15) is 9.59 Å². The summed E-state index contributed by atoms with van der Waals surface area (Å²) >= 11 is 0. The molecule has 148 valence electrons. The van der Waals surface area contributed by atoms with Crippen LogP contribution >= 0.6 is 0 Å². The quantitative estimate of drug-likeness (QED) is 0.679. The van der Waals surface area contributed by atoms with Gasteiger partial charge in [-0.1, -0.05) is 42.5 Å². The number of hydrogen-bond donors (Lipinski definition) is 2. The number of nitrogens with one attached hydrogen (secondary N) is 2. The van der Waals surface area contributed by atoms with Gasteiger partial charge in [-0.15, -0.1) is 0 Å². The maximum Gasteiger partial charge on any atom is 0.237 e. The second-order valence-electron chi connectivity index (χ2n) is 7.26. The van der Waals surface area contributed by atoms with Crippen LogP contribution in [0.2, 0.25) is 0 Å². The molecule has 0 unspecified atom stereocenters. The predicted molar refractivity (Wildman–Crippen MR) is 112 cm³/mol. The molecule has 0 spiro atoms. The number of carbonyl (C=O) groups excluding carboxylic acids is 2. The van der Waals surface area contributed by atoms with Crippen LogP contribution in [0, 0.1) is 0 Å². The van der Waals surface area contributed by atoms with Gasteiger partial charge in [0.1, 0.15) is 0 Å². The van der Waals surface area contributed by atoms with Gasteiger partial charge in [-0.25, -0.2) is 0 Å². The predicted octanol–water partition coefficient (Wildman–Crippen LogP) is 2.24. The van der Waals surface area contributed by atoms with Crippen LogP contribution in [0.25, 0.3) is 10.8 Å². The molecule has 6 nitrogen and oxygen atoms in total. The van der Waals surface area contributed by atoms with Gasteiger partial charge in [-0.05, 0) is 34.5 Å². The number of hydrogen-bond acceptors (Lipinski definition) is 4. The van der Waals surface area contributed by atoms with Gasteiger partial charge in [0.25, 0.3) is 0 Å². The van der Waals surface area contributed by atoms with Crippen LogP contribution in [-0.2, 0) is 22.7 Å². The van der Waals surface area contributed by atoms with E-state index in [-0.39, 0.29) is 18.2 Å². The molecule has 2 amide bonds. The highest BCUT2D eigenvalue weighted by atomic mass is 16.2. The Morgan fingerprint density at radius 3 is 2.76 bits per heavy atom. The number of aromatic nitrogens is 1. The van der Waals surface area contributed by atoms with Crippen LogP contribution in [0.3, 0.4) is 0 Å². The Morgan fingerprint density at radius 2 is 1.93 bits per heavy atom. The van der Waals surface area contributed by atoms with Gasteiger partial charge in [-0.2, -0.15) is 0 Å². The molecule has 1 aliphatic heterocycles. The van der Waals surface area contributed by atoms with Crippen molar-refractivity contribution in [2.24, 2.45) is 0 Å². The molecule has 4 rings (SSSR count). The minimum Gasteiger partial charge on any atom is -0.353 e. The van der Waals surface area contributed by atoms with E-state index in [1.165, 1.54) is 10.8 Å². The van der Waals surface area contributed by atoms with Crippen LogP contribution in [0.4, 0.5) is 0 Å². The zero-order valence-electron chi connectivity index (χ0n) is 16.2. The van der Waals surface area contributed by atoms with Crippen molar-refractivity contribution < 1.29 is 9.59 Å². The van der Waals surface area contributed by atoms with Crippen molar-refractivity contribution in [1.82, 2.24) is 20.5 Å². The zero-order chi connectivity index (χ0) is 20.1. The molecular formula is C23H24N4O2. The molecule has 1 saturated heterocycles. The normalized spacial score (nSPS) is 17.1.